The standard InChI is InChI=1S/C10H17N3O2S/c14-8-9(12-10-11-1-6-16-10)7-13-2-4-15-5-3-13/h1,6,9,14H,2-5,7-8H2,(H,11,12)/t9-/m0/s1. The molecule has 1 aliphatic rings. The van der Waals surface area contributed by atoms with E-state index >= 15 is 0 Å². The molecular formula is C10H17N3O2S. The van der Waals surface area contributed by atoms with Gasteiger partial charge in [-0.15, -0.1) is 11.3 Å². The largest absolute Gasteiger partial charge is 0.394 e. The molecule has 1 atom stereocenters. The molecule has 1 aliphatic heterocycles. The van der Waals surface area contributed by atoms with Crippen LogP contribution < -0.4 is 5.32 Å². The van der Waals surface area contributed by atoms with Gasteiger partial charge >= 0.3 is 0 Å². The van der Waals surface area contributed by atoms with Gasteiger partial charge in [-0.2, -0.15) is 0 Å². The molecular weight excluding hydrogens is 226 g/mol. The Hall–Kier alpha value is -0.690. The van der Waals surface area contributed by atoms with E-state index in [1.165, 1.54) is 0 Å². The highest BCUT2D eigenvalue weighted by Gasteiger charge is 2.16. The number of hydrogen-bond acceptors (Lipinski definition) is 6. The van der Waals surface area contributed by atoms with Gasteiger partial charge in [0.05, 0.1) is 25.9 Å². The second kappa shape index (κ2) is 6.15. The lowest BCUT2D eigenvalue weighted by Gasteiger charge is -2.29. The number of aromatic nitrogens is 1. The van der Waals surface area contributed by atoms with Crippen molar-refractivity contribution in [2.75, 3.05) is 44.8 Å². The van der Waals surface area contributed by atoms with Crippen molar-refractivity contribution in [3.05, 3.63) is 11.6 Å². The van der Waals surface area contributed by atoms with E-state index in [-0.39, 0.29) is 12.6 Å². The van der Waals surface area contributed by atoms with Crippen LogP contribution in [0.5, 0.6) is 0 Å². The molecule has 2 N–H and O–H groups in total. The second-order valence-electron chi connectivity index (χ2n) is 3.77. The van der Waals surface area contributed by atoms with Gasteiger partial charge in [-0.25, -0.2) is 4.98 Å². The minimum absolute atomic E-state index is 0.0456. The van der Waals surface area contributed by atoms with E-state index in [4.69, 9.17) is 4.74 Å². The van der Waals surface area contributed by atoms with Crippen molar-refractivity contribution >= 4 is 16.5 Å². The molecule has 0 aromatic carbocycles. The molecule has 1 fully saturated rings. The molecule has 16 heavy (non-hydrogen) atoms. The predicted molar refractivity (Wildman–Crippen MR) is 63.9 cm³/mol. The second-order valence-corrected chi connectivity index (χ2v) is 4.67. The van der Waals surface area contributed by atoms with Crippen molar-refractivity contribution in [2.45, 2.75) is 6.04 Å². The van der Waals surface area contributed by atoms with E-state index in [0.717, 1.165) is 38.0 Å². The summed E-state index contributed by atoms with van der Waals surface area (Å²) in [4.78, 5) is 6.45. The maximum Gasteiger partial charge on any atom is 0.182 e. The first-order valence-electron chi connectivity index (χ1n) is 5.45. The molecule has 1 aromatic rings. The average Bonchev–Trinajstić information content (AvgIpc) is 2.82. The summed E-state index contributed by atoms with van der Waals surface area (Å²) >= 11 is 1.55. The van der Waals surface area contributed by atoms with Gasteiger partial charge < -0.3 is 15.2 Å². The van der Waals surface area contributed by atoms with Crippen LogP contribution in [0.2, 0.25) is 0 Å². The lowest BCUT2D eigenvalue weighted by atomic mass is 10.2. The third-order valence-electron chi connectivity index (χ3n) is 2.56. The number of morpholine rings is 1. The van der Waals surface area contributed by atoms with Crippen LogP contribution in [0.1, 0.15) is 0 Å². The summed E-state index contributed by atoms with van der Waals surface area (Å²) in [6.07, 6.45) is 1.76. The fraction of sp³-hybridized carbons (Fsp3) is 0.700. The Kier molecular flexibility index (Phi) is 4.53. The number of aliphatic hydroxyl groups excluding tert-OH is 1. The lowest BCUT2D eigenvalue weighted by molar-refractivity contribution is 0.0335. The molecule has 5 nitrogen and oxygen atoms in total. The number of thiazole rings is 1. The zero-order valence-electron chi connectivity index (χ0n) is 9.13. The molecule has 1 aromatic heterocycles. The Morgan fingerprint density at radius 3 is 3.00 bits per heavy atom. The van der Waals surface area contributed by atoms with Gasteiger partial charge in [0.25, 0.3) is 0 Å². The van der Waals surface area contributed by atoms with Crippen LogP contribution in [-0.4, -0.2) is 60.5 Å². The molecule has 0 unspecified atom stereocenters. The first-order chi connectivity index (χ1) is 7.88. The number of ether oxygens (including phenoxy) is 1. The van der Waals surface area contributed by atoms with Crippen LogP contribution in [0.15, 0.2) is 11.6 Å². The van der Waals surface area contributed by atoms with Crippen LogP contribution in [0.25, 0.3) is 0 Å². The number of nitrogens with one attached hydrogen (secondary N) is 1. The molecule has 1 saturated heterocycles. The Morgan fingerprint density at radius 1 is 1.56 bits per heavy atom. The number of anilines is 1. The summed E-state index contributed by atoms with van der Waals surface area (Å²) < 4.78 is 5.29. The zero-order chi connectivity index (χ0) is 11.2. The quantitative estimate of drug-likeness (QED) is 0.776. The van der Waals surface area contributed by atoms with Gasteiger partial charge in [0.1, 0.15) is 0 Å². The molecule has 0 aliphatic carbocycles. The van der Waals surface area contributed by atoms with Crippen LogP contribution in [0.3, 0.4) is 0 Å². The lowest BCUT2D eigenvalue weighted by Crippen LogP contribution is -2.44. The third kappa shape index (κ3) is 3.41. The highest BCUT2D eigenvalue weighted by molar-refractivity contribution is 7.13. The van der Waals surface area contributed by atoms with Gasteiger partial charge in [0.2, 0.25) is 0 Å². The fourth-order valence-electron chi connectivity index (χ4n) is 1.71. The Morgan fingerprint density at radius 2 is 2.38 bits per heavy atom. The van der Waals surface area contributed by atoms with Crippen molar-refractivity contribution in [3.63, 3.8) is 0 Å². The van der Waals surface area contributed by atoms with Crippen LogP contribution in [0.4, 0.5) is 5.13 Å². The van der Waals surface area contributed by atoms with E-state index in [1.807, 2.05) is 5.38 Å². The van der Waals surface area contributed by atoms with Gasteiger partial charge in [0.15, 0.2) is 5.13 Å². The third-order valence-corrected chi connectivity index (χ3v) is 3.27. The highest BCUT2D eigenvalue weighted by atomic mass is 32.1. The molecule has 6 heteroatoms. The van der Waals surface area contributed by atoms with Crippen molar-refractivity contribution in [3.8, 4) is 0 Å². The first kappa shape index (κ1) is 11.8. The van der Waals surface area contributed by atoms with Crippen molar-refractivity contribution in [2.24, 2.45) is 0 Å². The topological polar surface area (TPSA) is 57.6 Å². The Balaban J connectivity index is 1.80. The van der Waals surface area contributed by atoms with Crippen molar-refractivity contribution in [1.82, 2.24) is 9.88 Å². The first-order valence-corrected chi connectivity index (χ1v) is 6.33. The highest BCUT2D eigenvalue weighted by Crippen LogP contribution is 2.12. The normalized spacial score (nSPS) is 19.6. The summed E-state index contributed by atoms with van der Waals surface area (Å²) in [6.45, 7) is 4.41. The van der Waals surface area contributed by atoms with Crippen LogP contribution in [0, 0.1) is 0 Å². The van der Waals surface area contributed by atoms with Crippen LogP contribution in [-0.2, 0) is 4.74 Å². The molecule has 0 bridgehead atoms. The molecule has 2 rings (SSSR count). The van der Waals surface area contributed by atoms with E-state index in [1.54, 1.807) is 17.5 Å². The summed E-state index contributed by atoms with van der Waals surface area (Å²) in [7, 11) is 0. The minimum atomic E-state index is 0.0456. The smallest absolute Gasteiger partial charge is 0.182 e. The number of aliphatic hydroxyl groups is 1. The van der Waals surface area contributed by atoms with E-state index in [0.29, 0.717) is 0 Å². The SMILES string of the molecule is OC[C@H](CN1CCOCC1)Nc1nccs1. The molecule has 0 saturated carbocycles. The summed E-state index contributed by atoms with van der Waals surface area (Å²) in [5.41, 5.74) is 0. The molecule has 0 radical (unpaired) electrons. The van der Waals surface area contributed by atoms with Gasteiger partial charge in [0, 0.05) is 31.2 Å². The molecule has 90 valence electrons. The van der Waals surface area contributed by atoms with E-state index < -0.39 is 0 Å². The van der Waals surface area contributed by atoms with Gasteiger partial charge in [-0.05, 0) is 0 Å². The summed E-state index contributed by atoms with van der Waals surface area (Å²) in [6, 6.07) is 0.0456. The molecule has 0 amide bonds. The predicted octanol–water partition coefficient (Wildman–Crippen LogP) is 0.248. The van der Waals surface area contributed by atoms with Crippen LogP contribution >= 0.6 is 11.3 Å². The monoisotopic (exact) mass is 243 g/mol. The number of nitrogens with zero attached hydrogens (tertiary/aromatic N) is 2. The van der Waals surface area contributed by atoms with Crippen molar-refractivity contribution in [1.29, 1.82) is 0 Å². The number of rotatable bonds is 5. The van der Waals surface area contributed by atoms with Crippen molar-refractivity contribution < 1.29 is 9.84 Å². The minimum Gasteiger partial charge on any atom is -0.394 e. The maximum absolute atomic E-state index is 9.31. The van der Waals surface area contributed by atoms with Gasteiger partial charge in [-0.1, -0.05) is 0 Å². The Labute approximate surface area is 99.1 Å². The Bertz CT molecular complexity index is 288. The molecule has 0 spiro atoms. The molecule has 2 heterocycles. The zero-order valence-corrected chi connectivity index (χ0v) is 9.95. The number of hydrogen-bond donors (Lipinski definition) is 2. The summed E-state index contributed by atoms with van der Waals surface area (Å²) in [5.74, 6) is 0. The average molecular weight is 243 g/mol. The fourth-order valence-corrected chi connectivity index (χ4v) is 2.32. The van der Waals surface area contributed by atoms with E-state index in [2.05, 4.69) is 15.2 Å². The summed E-state index contributed by atoms with van der Waals surface area (Å²) in [5, 5.41) is 15.3. The maximum atomic E-state index is 9.31. The van der Waals surface area contributed by atoms with Gasteiger partial charge in [-0.3, -0.25) is 4.90 Å². The van der Waals surface area contributed by atoms with E-state index in [9.17, 15) is 5.11 Å².